The van der Waals surface area contributed by atoms with Crippen LogP contribution in [0.5, 0.6) is 0 Å². The van der Waals surface area contributed by atoms with Gasteiger partial charge in [-0.2, -0.15) is 4.98 Å². The van der Waals surface area contributed by atoms with Crippen LogP contribution in [0.15, 0.2) is 14.7 Å². The zero-order chi connectivity index (χ0) is 11.4. The Labute approximate surface area is 88.8 Å². The number of rotatable bonds is 4. The number of hydrogen-bond acceptors (Lipinski definition) is 6. The first-order chi connectivity index (χ1) is 7.04. The molecular weight excluding hydrogens is 222 g/mol. The number of thioether (sulfide) groups is 1. The fourth-order valence-corrected chi connectivity index (χ4v) is 1.65. The topological polar surface area (TPSA) is 108 Å². The van der Waals surface area contributed by atoms with E-state index >= 15 is 0 Å². The van der Waals surface area contributed by atoms with Gasteiger partial charge in [0.1, 0.15) is 0 Å². The molecule has 0 aromatic carbocycles. The highest BCUT2D eigenvalue weighted by molar-refractivity contribution is 7.99. The van der Waals surface area contributed by atoms with E-state index in [1.54, 1.807) is 0 Å². The summed E-state index contributed by atoms with van der Waals surface area (Å²) in [5.74, 6) is 0.197. The highest BCUT2D eigenvalue weighted by Crippen LogP contribution is 2.12. The number of aromatic nitrogens is 3. The smallest absolute Gasteiger partial charge is 0.339 e. The molecule has 0 radical (unpaired) electrons. The van der Waals surface area contributed by atoms with Crippen LogP contribution in [-0.2, 0) is 7.05 Å². The van der Waals surface area contributed by atoms with Gasteiger partial charge in [-0.1, -0.05) is 11.8 Å². The molecule has 1 aromatic rings. The first kappa shape index (κ1) is 12.0. The van der Waals surface area contributed by atoms with Crippen molar-refractivity contribution in [3.05, 3.63) is 20.7 Å². The average molecular weight is 233 g/mol. The van der Waals surface area contributed by atoms with Crippen molar-refractivity contribution in [3.63, 3.8) is 0 Å². The van der Waals surface area contributed by atoms with E-state index in [-0.39, 0.29) is 17.5 Å². The average Bonchev–Trinajstić information content (AvgIpc) is 2.21. The molecule has 1 atom stereocenters. The van der Waals surface area contributed by atoms with Gasteiger partial charge in [0.15, 0.2) is 5.16 Å². The summed E-state index contributed by atoms with van der Waals surface area (Å²) in [4.78, 5) is 25.3. The third kappa shape index (κ3) is 3.18. The number of nitrogens with one attached hydrogen (secondary N) is 1. The lowest BCUT2D eigenvalue weighted by Gasteiger charge is -2.08. The second-order valence-electron chi connectivity index (χ2n) is 2.85. The van der Waals surface area contributed by atoms with Gasteiger partial charge in [-0.3, -0.25) is 19.4 Å². The van der Waals surface area contributed by atoms with Crippen LogP contribution < -0.4 is 11.1 Å². The Bertz CT molecular complexity index is 441. The van der Waals surface area contributed by atoms with Crippen molar-refractivity contribution in [1.82, 2.24) is 14.8 Å². The van der Waals surface area contributed by atoms with Crippen LogP contribution in [-0.4, -0.2) is 43.4 Å². The molecule has 0 saturated heterocycles. The van der Waals surface area contributed by atoms with Gasteiger partial charge in [-0.15, -0.1) is 0 Å². The van der Waals surface area contributed by atoms with Crippen molar-refractivity contribution in [1.29, 1.82) is 0 Å². The van der Waals surface area contributed by atoms with Gasteiger partial charge in [-0.05, 0) is 0 Å². The molecule has 3 N–H and O–H groups in total. The molecule has 1 rings (SSSR count). The van der Waals surface area contributed by atoms with Gasteiger partial charge in [0, 0.05) is 12.8 Å². The van der Waals surface area contributed by atoms with Crippen LogP contribution in [0.3, 0.4) is 0 Å². The number of aromatic amines is 1. The fraction of sp³-hybridized carbons (Fsp3) is 0.571. The Kier molecular flexibility index (Phi) is 4.06. The normalized spacial score (nSPS) is 12.7. The summed E-state index contributed by atoms with van der Waals surface area (Å²) in [7, 11) is 1.53. The van der Waals surface area contributed by atoms with Gasteiger partial charge in [0.2, 0.25) is 0 Å². The molecule has 1 aromatic heterocycles. The van der Waals surface area contributed by atoms with Gasteiger partial charge >= 0.3 is 11.1 Å². The Morgan fingerprint density at radius 1 is 1.60 bits per heavy atom. The van der Waals surface area contributed by atoms with Crippen molar-refractivity contribution >= 4 is 11.8 Å². The number of aryl methyl sites for hydroxylation is 1. The summed E-state index contributed by atoms with van der Waals surface area (Å²) in [6.45, 7) is -0.357. The largest absolute Gasteiger partial charge is 0.394 e. The van der Waals surface area contributed by atoms with E-state index < -0.39 is 17.2 Å². The monoisotopic (exact) mass is 233 g/mol. The number of H-pyrrole nitrogens is 1. The van der Waals surface area contributed by atoms with E-state index in [9.17, 15) is 9.59 Å². The minimum Gasteiger partial charge on any atom is -0.394 e. The van der Waals surface area contributed by atoms with Crippen LogP contribution in [0.2, 0.25) is 0 Å². The molecule has 0 fully saturated rings. The Morgan fingerprint density at radius 2 is 2.27 bits per heavy atom. The van der Waals surface area contributed by atoms with E-state index in [2.05, 4.69) is 10.1 Å². The number of aliphatic hydroxyl groups excluding tert-OH is 2. The molecule has 0 saturated carbocycles. The predicted molar refractivity (Wildman–Crippen MR) is 53.9 cm³/mol. The molecule has 8 heteroatoms. The molecule has 0 aliphatic rings. The van der Waals surface area contributed by atoms with Gasteiger partial charge in [0.05, 0.1) is 12.7 Å². The summed E-state index contributed by atoms with van der Waals surface area (Å²) in [6.07, 6.45) is -0.876. The maximum atomic E-state index is 10.9. The SMILES string of the molecule is Cn1[nH]c(=O)c(=O)nc1SCC(O)CO. The van der Waals surface area contributed by atoms with E-state index in [0.29, 0.717) is 0 Å². The number of hydrogen-bond donors (Lipinski definition) is 3. The van der Waals surface area contributed by atoms with Crippen LogP contribution in [0.25, 0.3) is 0 Å². The maximum absolute atomic E-state index is 10.9. The lowest BCUT2D eigenvalue weighted by molar-refractivity contribution is 0.113. The molecule has 1 unspecified atom stereocenters. The Hall–Kier alpha value is -1.12. The third-order valence-corrected chi connectivity index (χ3v) is 2.74. The van der Waals surface area contributed by atoms with Crippen molar-refractivity contribution in [2.45, 2.75) is 11.3 Å². The summed E-state index contributed by atoms with van der Waals surface area (Å²) in [5, 5.41) is 20.2. The highest BCUT2D eigenvalue weighted by atomic mass is 32.2. The molecule has 0 aliphatic heterocycles. The highest BCUT2D eigenvalue weighted by Gasteiger charge is 2.08. The summed E-state index contributed by atoms with van der Waals surface area (Å²) < 4.78 is 1.29. The van der Waals surface area contributed by atoms with Crippen molar-refractivity contribution in [2.75, 3.05) is 12.4 Å². The van der Waals surface area contributed by atoms with Crippen LogP contribution in [0.4, 0.5) is 0 Å². The lowest BCUT2D eigenvalue weighted by atomic mass is 10.4. The molecule has 0 aliphatic carbocycles. The Balaban J connectivity index is 2.82. The molecule has 0 amide bonds. The van der Waals surface area contributed by atoms with Crippen molar-refractivity contribution < 1.29 is 10.2 Å². The van der Waals surface area contributed by atoms with Crippen molar-refractivity contribution in [3.8, 4) is 0 Å². The molecule has 1 heterocycles. The second-order valence-corrected chi connectivity index (χ2v) is 3.83. The van der Waals surface area contributed by atoms with E-state index in [1.165, 1.54) is 11.7 Å². The third-order valence-electron chi connectivity index (χ3n) is 1.56. The van der Waals surface area contributed by atoms with Crippen LogP contribution in [0.1, 0.15) is 0 Å². The van der Waals surface area contributed by atoms with E-state index in [0.717, 1.165) is 11.8 Å². The van der Waals surface area contributed by atoms with Gasteiger partial charge in [-0.25, -0.2) is 0 Å². The van der Waals surface area contributed by atoms with Gasteiger partial charge < -0.3 is 10.2 Å². The Morgan fingerprint density at radius 3 is 2.87 bits per heavy atom. The lowest BCUT2D eigenvalue weighted by Crippen LogP contribution is -2.34. The quantitative estimate of drug-likeness (QED) is 0.406. The van der Waals surface area contributed by atoms with Crippen molar-refractivity contribution in [2.24, 2.45) is 7.05 Å². The van der Waals surface area contributed by atoms with Crippen LogP contribution in [0, 0.1) is 0 Å². The second kappa shape index (κ2) is 5.10. The first-order valence-corrected chi connectivity index (χ1v) is 5.12. The van der Waals surface area contributed by atoms with E-state index in [1.807, 2.05) is 0 Å². The molecule has 15 heavy (non-hydrogen) atoms. The molecule has 0 spiro atoms. The maximum Gasteiger partial charge on any atom is 0.339 e. The fourth-order valence-electron chi connectivity index (χ4n) is 0.813. The predicted octanol–water partition coefficient (Wildman–Crippen LogP) is -2.09. The first-order valence-electron chi connectivity index (χ1n) is 4.13. The minimum absolute atomic E-state index is 0.197. The van der Waals surface area contributed by atoms with E-state index in [4.69, 9.17) is 10.2 Å². The number of aliphatic hydroxyl groups is 2. The standard InChI is InChI=1S/C7H11N3O4S/c1-10-7(15-3-4(12)2-11)8-5(13)6(14)9-10/h4,11-12H,2-3H2,1H3,(H,9,14). The number of nitrogens with zero attached hydrogens (tertiary/aromatic N) is 2. The molecule has 84 valence electrons. The summed E-state index contributed by atoms with van der Waals surface area (Å²) in [5.41, 5.74) is -1.65. The summed E-state index contributed by atoms with van der Waals surface area (Å²) >= 11 is 1.07. The molecule has 0 bridgehead atoms. The summed E-state index contributed by atoms with van der Waals surface area (Å²) in [6, 6.07) is 0. The van der Waals surface area contributed by atoms with Gasteiger partial charge in [0.25, 0.3) is 0 Å². The van der Waals surface area contributed by atoms with Crippen LogP contribution >= 0.6 is 11.8 Å². The zero-order valence-corrected chi connectivity index (χ0v) is 8.82. The minimum atomic E-state index is -0.876. The molecule has 7 nitrogen and oxygen atoms in total. The zero-order valence-electron chi connectivity index (χ0n) is 8.01. The molecular formula is C7H11N3O4S.